The molecule has 0 bridgehead atoms. The van der Waals surface area contributed by atoms with Crippen LogP contribution in [0.25, 0.3) is 0 Å². The highest BCUT2D eigenvalue weighted by Crippen LogP contribution is 2.35. The second kappa shape index (κ2) is 2.72. The van der Waals surface area contributed by atoms with E-state index in [4.69, 9.17) is 5.11 Å². The average molecular weight is 142 g/mol. The van der Waals surface area contributed by atoms with E-state index in [2.05, 4.69) is 6.58 Å². The molecule has 0 aromatic heterocycles. The fourth-order valence-corrected chi connectivity index (χ4v) is 1.25. The summed E-state index contributed by atoms with van der Waals surface area (Å²) in [5.41, 5.74) is -0.784. The van der Waals surface area contributed by atoms with Crippen molar-refractivity contribution in [3.63, 3.8) is 0 Å². The summed E-state index contributed by atoms with van der Waals surface area (Å²) in [6.07, 6.45) is 4.19. The topological polar surface area (TPSA) is 40.5 Å². The van der Waals surface area contributed by atoms with Gasteiger partial charge in [-0.25, -0.2) is 0 Å². The fraction of sp³-hybridized carbons (Fsp3) is 0.750. The molecule has 1 aliphatic rings. The molecule has 1 saturated carbocycles. The minimum Gasteiger partial charge on any atom is -0.390 e. The Morgan fingerprint density at radius 2 is 2.40 bits per heavy atom. The van der Waals surface area contributed by atoms with Crippen LogP contribution in [0.3, 0.4) is 0 Å². The van der Waals surface area contributed by atoms with Crippen LogP contribution >= 0.6 is 0 Å². The van der Waals surface area contributed by atoms with Crippen molar-refractivity contribution < 1.29 is 10.2 Å². The number of rotatable bonds is 3. The molecule has 0 heterocycles. The third kappa shape index (κ3) is 1.22. The maximum atomic E-state index is 9.51. The standard InChI is InChI=1S/C8H14O2/c1-2-3-5-8(10)6-4-7(8)9/h2,7,9-10H,1,3-6H2. The van der Waals surface area contributed by atoms with Crippen LogP contribution in [-0.2, 0) is 0 Å². The molecule has 2 unspecified atom stereocenters. The summed E-state index contributed by atoms with van der Waals surface area (Å²) in [7, 11) is 0. The quantitative estimate of drug-likeness (QED) is 0.573. The van der Waals surface area contributed by atoms with E-state index < -0.39 is 11.7 Å². The second-order valence-electron chi connectivity index (χ2n) is 2.99. The van der Waals surface area contributed by atoms with Crippen molar-refractivity contribution in [1.29, 1.82) is 0 Å². The van der Waals surface area contributed by atoms with Crippen molar-refractivity contribution >= 4 is 0 Å². The molecule has 0 spiro atoms. The number of hydrogen-bond donors (Lipinski definition) is 2. The summed E-state index contributed by atoms with van der Waals surface area (Å²) in [6, 6.07) is 0. The van der Waals surface area contributed by atoms with E-state index in [0.29, 0.717) is 6.42 Å². The second-order valence-corrected chi connectivity index (χ2v) is 2.99. The van der Waals surface area contributed by atoms with Gasteiger partial charge in [-0.3, -0.25) is 0 Å². The SMILES string of the molecule is C=CCCC1(O)CCC1O. The summed E-state index contributed by atoms with van der Waals surface area (Å²) in [6.45, 7) is 3.55. The van der Waals surface area contributed by atoms with Crippen molar-refractivity contribution in [2.24, 2.45) is 0 Å². The van der Waals surface area contributed by atoms with Crippen molar-refractivity contribution in [2.75, 3.05) is 0 Å². The first-order valence-corrected chi connectivity index (χ1v) is 3.70. The van der Waals surface area contributed by atoms with E-state index in [9.17, 15) is 5.11 Å². The van der Waals surface area contributed by atoms with E-state index in [1.54, 1.807) is 6.08 Å². The third-order valence-electron chi connectivity index (χ3n) is 2.25. The van der Waals surface area contributed by atoms with Crippen molar-refractivity contribution in [3.05, 3.63) is 12.7 Å². The Hall–Kier alpha value is -0.340. The Morgan fingerprint density at radius 3 is 2.70 bits per heavy atom. The third-order valence-corrected chi connectivity index (χ3v) is 2.25. The Balaban J connectivity index is 2.30. The van der Waals surface area contributed by atoms with Crippen molar-refractivity contribution in [2.45, 2.75) is 37.4 Å². The summed E-state index contributed by atoms with van der Waals surface area (Å²) in [5, 5.41) is 18.6. The monoisotopic (exact) mass is 142 g/mol. The zero-order valence-corrected chi connectivity index (χ0v) is 6.08. The predicted molar refractivity (Wildman–Crippen MR) is 39.6 cm³/mol. The first-order valence-electron chi connectivity index (χ1n) is 3.70. The van der Waals surface area contributed by atoms with Gasteiger partial charge in [-0.1, -0.05) is 6.08 Å². The van der Waals surface area contributed by atoms with E-state index >= 15 is 0 Å². The number of aliphatic hydroxyl groups excluding tert-OH is 1. The molecule has 1 rings (SSSR count). The van der Waals surface area contributed by atoms with Crippen LogP contribution in [0.5, 0.6) is 0 Å². The van der Waals surface area contributed by atoms with Gasteiger partial charge in [0.1, 0.15) is 0 Å². The molecule has 0 aromatic rings. The zero-order chi connectivity index (χ0) is 7.61. The van der Waals surface area contributed by atoms with Crippen LogP contribution in [0.4, 0.5) is 0 Å². The normalized spacial score (nSPS) is 38.8. The minimum atomic E-state index is -0.784. The minimum absolute atomic E-state index is 0.493. The maximum Gasteiger partial charge on any atom is 0.0909 e. The molecule has 10 heavy (non-hydrogen) atoms. The molecule has 1 aliphatic carbocycles. The van der Waals surface area contributed by atoms with Gasteiger partial charge in [0.2, 0.25) is 0 Å². The number of hydrogen-bond acceptors (Lipinski definition) is 2. The molecule has 2 N–H and O–H groups in total. The predicted octanol–water partition coefficient (Wildman–Crippen LogP) is 0.838. The molecular weight excluding hydrogens is 128 g/mol. The van der Waals surface area contributed by atoms with Gasteiger partial charge in [0.15, 0.2) is 0 Å². The van der Waals surface area contributed by atoms with Gasteiger partial charge in [0, 0.05) is 0 Å². The van der Waals surface area contributed by atoms with Crippen molar-refractivity contribution in [1.82, 2.24) is 0 Å². The Kier molecular flexibility index (Phi) is 2.11. The van der Waals surface area contributed by atoms with Crippen LogP contribution in [0.15, 0.2) is 12.7 Å². The zero-order valence-electron chi connectivity index (χ0n) is 6.08. The van der Waals surface area contributed by atoms with E-state index in [-0.39, 0.29) is 0 Å². The van der Waals surface area contributed by atoms with Gasteiger partial charge in [-0.2, -0.15) is 0 Å². The molecule has 0 saturated heterocycles. The van der Waals surface area contributed by atoms with Gasteiger partial charge in [-0.15, -0.1) is 6.58 Å². The first kappa shape index (κ1) is 7.76. The van der Waals surface area contributed by atoms with Gasteiger partial charge >= 0.3 is 0 Å². The molecule has 0 radical (unpaired) electrons. The van der Waals surface area contributed by atoms with Gasteiger partial charge in [0.25, 0.3) is 0 Å². The molecular formula is C8H14O2. The molecule has 0 amide bonds. The van der Waals surface area contributed by atoms with E-state index in [1.807, 2.05) is 0 Å². The molecule has 2 heteroatoms. The van der Waals surface area contributed by atoms with Gasteiger partial charge in [0.05, 0.1) is 11.7 Å². The van der Waals surface area contributed by atoms with Gasteiger partial charge in [-0.05, 0) is 25.7 Å². The average Bonchev–Trinajstić information content (AvgIpc) is 1.97. The molecule has 2 nitrogen and oxygen atoms in total. The fourth-order valence-electron chi connectivity index (χ4n) is 1.25. The highest BCUT2D eigenvalue weighted by atomic mass is 16.3. The largest absolute Gasteiger partial charge is 0.390 e. The summed E-state index contributed by atoms with van der Waals surface area (Å²) in [5.74, 6) is 0. The molecule has 0 aliphatic heterocycles. The summed E-state index contributed by atoms with van der Waals surface area (Å²) in [4.78, 5) is 0. The summed E-state index contributed by atoms with van der Waals surface area (Å²) >= 11 is 0. The lowest BCUT2D eigenvalue weighted by atomic mass is 9.74. The Labute approximate surface area is 61.2 Å². The van der Waals surface area contributed by atoms with E-state index in [0.717, 1.165) is 19.3 Å². The molecule has 1 fully saturated rings. The first-order chi connectivity index (χ1) is 4.69. The lowest BCUT2D eigenvalue weighted by Gasteiger charge is -2.42. The van der Waals surface area contributed by atoms with Crippen LogP contribution in [0.2, 0.25) is 0 Å². The van der Waals surface area contributed by atoms with Crippen LogP contribution in [0, 0.1) is 0 Å². The molecule has 2 atom stereocenters. The van der Waals surface area contributed by atoms with E-state index in [1.165, 1.54) is 0 Å². The van der Waals surface area contributed by atoms with Crippen molar-refractivity contribution in [3.8, 4) is 0 Å². The smallest absolute Gasteiger partial charge is 0.0909 e. The van der Waals surface area contributed by atoms with Crippen LogP contribution in [-0.4, -0.2) is 21.9 Å². The Morgan fingerprint density at radius 1 is 1.70 bits per heavy atom. The van der Waals surface area contributed by atoms with Gasteiger partial charge < -0.3 is 10.2 Å². The van der Waals surface area contributed by atoms with Crippen LogP contribution in [0.1, 0.15) is 25.7 Å². The lowest BCUT2D eigenvalue weighted by molar-refractivity contribution is -0.147. The number of aliphatic hydroxyl groups is 2. The highest BCUT2D eigenvalue weighted by Gasteiger charge is 2.43. The maximum absolute atomic E-state index is 9.51. The summed E-state index contributed by atoms with van der Waals surface area (Å²) < 4.78 is 0. The van der Waals surface area contributed by atoms with Crippen LogP contribution < -0.4 is 0 Å². The molecule has 58 valence electrons. The Bertz CT molecular complexity index is 133. The number of allylic oxidation sites excluding steroid dienone is 1. The lowest BCUT2D eigenvalue weighted by Crippen LogP contribution is -2.51. The highest BCUT2D eigenvalue weighted by molar-refractivity contribution is 4.97. The molecule has 0 aromatic carbocycles.